The number of anilines is 1. The first kappa shape index (κ1) is 21.4. The van der Waals surface area contributed by atoms with E-state index in [2.05, 4.69) is 42.0 Å². The predicted octanol–water partition coefficient (Wildman–Crippen LogP) is 4.80. The number of hydrogen-bond donors (Lipinski definition) is 2. The third-order valence-corrected chi connectivity index (χ3v) is 5.73. The van der Waals surface area contributed by atoms with Crippen LogP contribution in [0.4, 0.5) is 5.00 Å². The van der Waals surface area contributed by atoms with Gasteiger partial charge in [0.1, 0.15) is 10.8 Å². The molecule has 0 saturated carbocycles. The van der Waals surface area contributed by atoms with Crippen molar-refractivity contribution in [3.63, 3.8) is 0 Å². The minimum atomic E-state index is -0.532. The van der Waals surface area contributed by atoms with Crippen molar-refractivity contribution in [2.75, 3.05) is 11.9 Å². The Kier molecular flexibility index (Phi) is 6.70. The number of carbonyl (C=O) groups is 2. The van der Waals surface area contributed by atoms with E-state index in [1.807, 2.05) is 32.0 Å². The first-order valence-electron chi connectivity index (χ1n) is 8.69. The Balaban J connectivity index is 2.16. The molecule has 0 aliphatic carbocycles. The van der Waals surface area contributed by atoms with Crippen molar-refractivity contribution in [3.05, 3.63) is 44.2 Å². The summed E-state index contributed by atoms with van der Waals surface area (Å²) in [6, 6.07) is 5.72. The molecule has 0 radical (unpaired) electrons. The van der Waals surface area contributed by atoms with Crippen molar-refractivity contribution in [2.45, 2.75) is 46.5 Å². The Morgan fingerprint density at radius 2 is 1.96 bits per heavy atom. The fourth-order valence-corrected chi connectivity index (χ4v) is 4.40. The topological polar surface area (TPSA) is 81.4 Å². The van der Waals surface area contributed by atoms with Gasteiger partial charge in [-0.05, 0) is 42.5 Å². The Morgan fingerprint density at radius 3 is 2.52 bits per heavy atom. The number of carbonyl (C=O) groups excluding carboxylic acids is 2. The molecule has 0 aliphatic rings. The van der Waals surface area contributed by atoms with E-state index in [-0.39, 0.29) is 17.9 Å². The normalized spacial score (nSPS) is 11.3. The molecule has 5 nitrogen and oxygen atoms in total. The fourth-order valence-electron chi connectivity index (χ4n) is 2.87. The molecular weight excluding hydrogens is 428 g/mol. The van der Waals surface area contributed by atoms with E-state index >= 15 is 0 Å². The van der Waals surface area contributed by atoms with Crippen molar-refractivity contribution >= 4 is 44.1 Å². The smallest absolute Gasteiger partial charge is 0.262 e. The van der Waals surface area contributed by atoms with Crippen molar-refractivity contribution in [1.82, 2.24) is 0 Å². The lowest BCUT2D eigenvalue weighted by molar-refractivity contribution is -0.118. The lowest BCUT2D eigenvalue weighted by Crippen LogP contribution is -2.23. The molecule has 7 heteroatoms. The molecule has 0 saturated heterocycles. The van der Waals surface area contributed by atoms with Crippen LogP contribution in [-0.4, -0.2) is 18.4 Å². The molecule has 0 spiro atoms. The molecule has 1 heterocycles. The number of hydrogen-bond acceptors (Lipinski definition) is 4. The van der Waals surface area contributed by atoms with Crippen molar-refractivity contribution < 1.29 is 14.3 Å². The quantitative estimate of drug-likeness (QED) is 0.660. The van der Waals surface area contributed by atoms with E-state index in [0.717, 1.165) is 20.5 Å². The summed E-state index contributed by atoms with van der Waals surface area (Å²) in [5, 5.41) is 3.26. The van der Waals surface area contributed by atoms with Crippen LogP contribution in [0.15, 0.2) is 22.7 Å². The van der Waals surface area contributed by atoms with Crippen molar-refractivity contribution in [3.8, 4) is 5.75 Å². The molecule has 2 aromatic rings. The van der Waals surface area contributed by atoms with Crippen LogP contribution in [-0.2, 0) is 16.6 Å². The van der Waals surface area contributed by atoms with Gasteiger partial charge in [-0.25, -0.2) is 0 Å². The van der Waals surface area contributed by atoms with Gasteiger partial charge in [0.15, 0.2) is 6.61 Å². The third-order valence-electron chi connectivity index (χ3n) is 4.17. The zero-order valence-electron chi connectivity index (χ0n) is 16.2. The maximum absolute atomic E-state index is 12.4. The molecule has 27 heavy (non-hydrogen) atoms. The van der Waals surface area contributed by atoms with Crippen LogP contribution < -0.4 is 15.8 Å². The number of rotatable bonds is 6. The van der Waals surface area contributed by atoms with E-state index in [1.54, 1.807) is 0 Å². The Labute approximate surface area is 172 Å². The van der Waals surface area contributed by atoms with Crippen LogP contribution in [0, 0.1) is 6.92 Å². The highest BCUT2D eigenvalue weighted by Gasteiger charge is 2.22. The monoisotopic (exact) mass is 452 g/mol. The summed E-state index contributed by atoms with van der Waals surface area (Å²) in [6.07, 6.45) is 0.681. The molecule has 0 bridgehead atoms. The van der Waals surface area contributed by atoms with E-state index in [0.29, 0.717) is 22.7 Å². The summed E-state index contributed by atoms with van der Waals surface area (Å²) < 4.78 is 6.73. The molecule has 2 amide bonds. The summed E-state index contributed by atoms with van der Waals surface area (Å²) in [6.45, 7) is 9.98. The molecule has 0 aliphatic heterocycles. The lowest BCUT2D eigenvalue weighted by Gasteiger charge is -2.23. The number of thiophene rings is 1. The highest BCUT2D eigenvalue weighted by molar-refractivity contribution is 9.10. The second-order valence-electron chi connectivity index (χ2n) is 7.29. The SMILES string of the molecule is CCc1c(C)sc(NC(=O)COc2ccc(Br)cc2C(C)(C)C)c1C(N)=O. The number of benzene rings is 1. The van der Waals surface area contributed by atoms with Crippen LogP contribution in [0.3, 0.4) is 0 Å². The predicted molar refractivity (Wildman–Crippen MR) is 114 cm³/mol. The standard InChI is InChI=1S/C20H25BrN2O3S/c1-6-13-11(2)27-19(17(13)18(22)25)23-16(24)10-26-15-8-7-12(21)9-14(15)20(3,4)5/h7-9H,6,10H2,1-5H3,(H2,22,25)(H,23,24). The van der Waals surface area contributed by atoms with Gasteiger partial charge >= 0.3 is 0 Å². The van der Waals surface area contributed by atoms with E-state index in [1.165, 1.54) is 11.3 Å². The van der Waals surface area contributed by atoms with Gasteiger partial charge in [-0.1, -0.05) is 43.6 Å². The Bertz CT molecular complexity index is 869. The molecule has 146 valence electrons. The van der Waals surface area contributed by atoms with Crippen LogP contribution in [0.25, 0.3) is 0 Å². The number of nitrogens with one attached hydrogen (secondary N) is 1. The number of primary amides is 1. The molecule has 0 unspecified atom stereocenters. The fraction of sp³-hybridized carbons (Fsp3) is 0.400. The van der Waals surface area contributed by atoms with Gasteiger partial charge in [-0.2, -0.15) is 0 Å². The van der Waals surface area contributed by atoms with Gasteiger partial charge < -0.3 is 15.8 Å². The average molecular weight is 453 g/mol. The lowest BCUT2D eigenvalue weighted by atomic mass is 9.86. The zero-order chi connectivity index (χ0) is 20.4. The van der Waals surface area contributed by atoms with Gasteiger partial charge in [0, 0.05) is 14.9 Å². The first-order chi connectivity index (χ1) is 12.5. The summed E-state index contributed by atoms with van der Waals surface area (Å²) in [5.74, 6) is -0.202. The molecule has 3 N–H and O–H groups in total. The minimum absolute atomic E-state index is 0.129. The second-order valence-corrected chi connectivity index (χ2v) is 9.43. The van der Waals surface area contributed by atoms with Crippen molar-refractivity contribution in [1.29, 1.82) is 0 Å². The second kappa shape index (κ2) is 8.44. The number of halogens is 1. The summed E-state index contributed by atoms with van der Waals surface area (Å²) in [7, 11) is 0. The average Bonchev–Trinajstić information content (AvgIpc) is 2.88. The number of aryl methyl sites for hydroxylation is 1. The van der Waals surface area contributed by atoms with Crippen molar-refractivity contribution in [2.24, 2.45) is 5.73 Å². The molecule has 1 aromatic carbocycles. The maximum Gasteiger partial charge on any atom is 0.262 e. The highest BCUT2D eigenvalue weighted by atomic mass is 79.9. The van der Waals surface area contributed by atoms with Gasteiger partial charge in [-0.15, -0.1) is 11.3 Å². The summed E-state index contributed by atoms with van der Waals surface area (Å²) >= 11 is 4.83. The van der Waals surface area contributed by atoms with Crippen LogP contribution >= 0.6 is 27.3 Å². The van der Waals surface area contributed by atoms with E-state index in [9.17, 15) is 9.59 Å². The van der Waals surface area contributed by atoms with Crippen LogP contribution in [0.5, 0.6) is 5.75 Å². The van der Waals surface area contributed by atoms with Gasteiger partial charge in [0.05, 0.1) is 5.56 Å². The molecule has 0 fully saturated rings. The Morgan fingerprint density at radius 1 is 1.30 bits per heavy atom. The van der Waals surface area contributed by atoms with Crippen LogP contribution in [0.2, 0.25) is 0 Å². The Hall–Kier alpha value is -1.86. The molecule has 1 aromatic heterocycles. The molecule has 0 atom stereocenters. The van der Waals surface area contributed by atoms with Gasteiger partial charge in [-0.3, -0.25) is 9.59 Å². The zero-order valence-corrected chi connectivity index (χ0v) is 18.6. The molecule has 2 rings (SSSR count). The van der Waals surface area contributed by atoms with E-state index < -0.39 is 5.91 Å². The number of amides is 2. The minimum Gasteiger partial charge on any atom is -0.483 e. The number of nitrogens with two attached hydrogens (primary N) is 1. The van der Waals surface area contributed by atoms with Crippen LogP contribution in [0.1, 0.15) is 54.1 Å². The highest BCUT2D eigenvalue weighted by Crippen LogP contribution is 2.35. The third kappa shape index (κ3) is 5.11. The van der Waals surface area contributed by atoms with Gasteiger partial charge in [0.25, 0.3) is 11.8 Å². The largest absolute Gasteiger partial charge is 0.483 e. The summed E-state index contributed by atoms with van der Waals surface area (Å²) in [5.41, 5.74) is 7.66. The summed E-state index contributed by atoms with van der Waals surface area (Å²) in [4.78, 5) is 25.2. The number of ether oxygens (including phenoxy) is 1. The first-order valence-corrected chi connectivity index (χ1v) is 10.3. The van der Waals surface area contributed by atoms with E-state index in [4.69, 9.17) is 10.5 Å². The maximum atomic E-state index is 12.4. The molecular formula is C20H25BrN2O3S. The van der Waals surface area contributed by atoms with Gasteiger partial charge in [0.2, 0.25) is 0 Å².